The van der Waals surface area contributed by atoms with E-state index in [-0.39, 0.29) is 35.4 Å². The lowest BCUT2D eigenvalue weighted by molar-refractivity contribution is 0.0946. The maximum atomic E-state index is 12.9. The van der Waals surface area contributed by atoms with Gasteiger partial charge >= 0.3 is 0 Å². The van der Waals surface area contributed by atoms with Crippen molar-refractivity contribution >= 4 is 17.5 Å². The first-order valence-corrected chi connectivity index (χ1v) is 9.58. The molecule has 27 heavy (non-hydrogen) atoms. The first-order chi connectivity index (χ1) is 12.9. The first-order valence-electron chi connectivity index (χ1n) is 9.58. The van der Waals surface area contributed by atoms with Crippen LogP contribution in [0.5, 0.6) is 0 Å². The quantitative estimate of drug-likeness (QED) is 0.793. The highest BCUT2D eigenvalue weighted by molar-refractivity contribution is 6.06. The predicted molar refractivity (Wildman–Crippen MR) is 107 cm³/mol. The zero-order valence-electron chi connectivity index (χ0n) is 16.4. The molecule has 0 spiro atoms. The number of pyridine rings is 1. The van der Waals surface area contributed by atoms with E-state index in [0.717, 1.165) is 29.7 Å². The second kappa shape index (κ2) is 7.91. The minimum atomic E-state index is -0.229. The van der Waals surface area contributed by atoms with E-state index in [1.165, 1.54) is 6.20 Å². The molecule has 5 heteroatoms. The van der Waals surface area contributed by atoms with Crippen LogP contribution >= 0.6 is 0 Å². The van der Waals surface area contributed by atoms with Gasteiger partial charge < -0.3 is 10.6 Å². The highest BCUT2D eigenvalue weighted by Gasteiger charge is 2.25. The molecule has 5 nitrogen and oxygen atoms in total. The lowest BCUT2D eigenvalue weighted by Gasteiger charge is -2.20. The van der Waals surface area contributed by atoms with E-state index in [9.17, 15) is 9.59 Å². The van der Waals surface area contributed by atoms with E-state index in [1.807, 2.05) is 18.2 Å². The number of para-hydroxylation sites is 1. The van der Waals surface area contributed by atoms with Crippen molar-refractivity contribution in [1.82, 2.24) is 10.3 Å². The summed E-state index contributed by atoms with van der Waals surface area (Å²) in [5.74, 6) is 0.123. The molecular weight excluding hydrogens is 338 g/mol. The fourth-order valence-electron chi connectivity index (χ4n) is 3.06. The van der Waals surface area contributed by atoms with Crippen molar-refractivity contribution in [3.8, 4) is 0 Å². The lowest BCUT2D eigenvalue weighted by atomic mass is 9.92. The zero-order chi connectivity index (χ0) is 19.6. The van der Waals surface area contributed by atoms with Crippen molar-refractivity contribution in [2.24, 2.45) is 0 Å². The third-order valence-electron chi connectivity index (χ3n) is 4.78. The van der Waals surface area contributed by atoms with Gasteiger partial charge in [-0.1, -0.05) is 45.9 Å². The van der Waals surface area contributed by atoms with Crippen LogP contribution in [-0.2, 0) is 0 Å². The van der Waals surface area contributed by atoms with E-state index < -0.39 is 0 Å². The highest BCUT2D eigenvalue weighted by atomic mass is 16.2. The zero-order valence-corrected chi connectivity index (χ0v) is 16.4. The van der Waals surface area contributed by atoms with Gasteiger partial charge in [0.25, 0.3) is 11.8 Å². The molecule has 0 bridgehead atoms. The summed E-state index contributed by atoms with van der Waals surface area (Å²) in [5.41, 5.74) is 3.79. The van der Waals surface area contributed by atoms with Crippen molar-refractivity contribution in [1.29, 1.82) is 0 Å². The summed E-state index contributed by atoms with van der Waals surface area (Å²) in [6.07, 6.45) is 3.53. The minimum absolute atomic E-state index is 0.224. The van der Waals surface area contributed by atoms with Gasteiger partial charge in [0.05, 0.1) is 0 Å². The van der Waals surface area contributed by atoms with Crippen molar-refractivity contribution < 1.29 is 9.59 Å². The smallest absolute Gasteiger partial charge is 0.270 e. The molecule has 0 radical (unpaired) electrons. The van der Waals surface area contributed by atoms with Gasteiger partial charge in [-0.3, -0.25) is 14.6 Å². The number of anilines is 1. The fraction of sp³-hybridized carbons (Fsp3) is 0.409. The molecule has 1 aromatic heterocycles. The van der Waals surface area contributed by atoms with Crippen LogP contribution in [0.4, 0.5) is 5.69 Å². The van der Waals surface area contributed by atoms with Crippen LogP contribution in [-0.4, -0.2) is 22.8 Å². The van der Waals surface area contributed by atoms with Crippen LogP contribution in [0.25, 0.3) is 0 Å². The van der Waals surface area contributed by atoms with Crippen molar-refractivity contribution in [3.63, 3.8) is 0 Å². The second-order valence-corrected chi connectivity index (χ2v) is 7.75. The molecule has 0 unspecified atom stereocenters. The molecule has 0 atom stereocenters. The Balaban J connectivity index is 1.86. The topological polar surface area (TPSA) is 71.1 Å². The summed E-state index contributed by atoms with van der Waals surface area (Å²) in [7, 11) is 0. The van der Waals surface area contributed by atoms with Gasteiger partial charge in [-0.2, -0.15) is 0 Å². The number of aromatic nitrogens is 1. The molecule has 142 valence electrons. The van der Waals surface area contributed by atoms with E-state index in [1.54, 1.807) is 12.1 Å². The monoisotopic (exact) mass is 365 g/mol. The normalized spacial score (nSPS) is 13.7. The molecule has 1 aliphatic carbocycles. The maximum Gasteiger partial charge on any atom is 0.270 e. The van der Waals surface area contributed by atoms with Gasteiger partial charge in [-0.25, -0.2) is 0 Å². The summed E-state index contributed by atoms with van der Waals surface area (Å²) in [6, 6.07) is 9.58. The van der Waals surface area contributed by atoms with Gasteiger partial charge in [0.15, 0.2) is 0 Å². The maximum absolute atomic E-state index is 12.9. The number of carbonyl (C=O) groups is 2. The van der Waals surface area contributed by atoms with Crippen LogP contribution in [0, 0.1) is 0 Å². The molecule has 3 rings (SSSR count). The SMILES string of the molecule is CC(C)c1cccc(C(C)C)c1NC(=O)c1ccnc(C(=O)NC2CC2)c1. The summed E-state index contributed by atoms with van der Waals surface area (Å²) >= 11 is 0. The van der Waals surface area contributed by atoms with E-state index >= 15 is 0 Å². The lowest BCUT2D eigenvalue weighted by Crippen LogP contribution is -2.26. The average molecular weight is 365 g/mol. The molecule has 1 saturated carbocycles. The van der Waals surface area contributed by atoms with Gasteiger partial charge in [-0.15, -0.1) is 0 Å². The molecule has 1 aliphatic rings. The Hall–Kier alpha value is -2.69. The molecule has 2 N–H and O–H groups in total. The summed E-state index contributed by atoms with van der Waals surface area (Å²) in [6.45, 7) is 8.45. The van der Waals surface area contributed by atoms with Crippen LogP contribution in [0.2, 0.25) is 0 Å². The van der Waals surface area contributed by atoms with Crippen LogP contribution < -0.4 is 10.6 Å². The number of carbonyl (C=O) groups excluding carboxylic acids is 2. The van der Waals surface area contributed by atoms with Crippen LogP contribution in [0.3, 0.4) is 0 Å². The number of amides is 2. The van der Waals surface area contributed by atoms with E-state index in [0.29, 0.717) is 5.56 Å². The molecule has 1 heterocycles. The van der Waals surface area contributed by atoms with Gasteiger partial charge in [0.1, 0.15) is 5.69 Å². The molecule has 1 fully saturated rings. The Bertz CT molecular complexity index is 828. The Morgan fingerprint density at radius 3 is 2.19 bits per heavy atom. The summed E-state index contributed by atoms with van der Waals surface area (Å²) < 4.78 is 0. The number of nitrogens with zero attached hydrogens (tertiary/aromatic N) is 1. The van der Waals surface area contributed by atoms with Crippen molar-refractivity contribution in [2.75, 3.05) is 5.32 Å². The van der Waals surface area contributed by atoms with Gasteiger partial charge in [0, 0.05) is 23.5 Å². The van der Waals surface area contributed by atoms with Crippen molar-refractivity contribution in [2.45, 2.75) is 58.4 Å². The number of nitrogens with one attached hydrogen (secondary N) is 2. The predicted octanol–water partition coefficient (Wildman–Crippen LogP) is 4.47. The molecule has 2 amide bonds. The number of benzene rings is 1. The Morgan fingerprint density at radius 1 is 1.00 bits per heavy atom. The Kier molecular flexibility index (Phi) is 5.59. The van der Waals surface area contributed by atoms with Gasteiger partial charge in [0.2, 0.25) is 0 Å². The minimum Gasteiger partial charge on any atom is -0.348 e. The molecule has 1 aromatic carbocycles. The van der Waals surface area contributed by atoms with Crippen molar-refractivity contribution in [3.05, 3.63) is 58.9 Å². The molecule has 0 saturated heterocycles. The van der Waals surface area contributed by atoms with E-state index in [2.05, 4.69) is 43.3 Å². The largest absolute Gasteiger partial charge is 0.348 e. The standard InChI is InChI=1S/C22H27N3O2/c1-13(2)17-6-5-7-18(14(3)4)20(17)25-21(26)15-10-11-23-19(12-15)22(27)24-16-8-9-16/h5-7,10-14,16H,8-9H2,1-4H3,(H,24,27)(H,25,26). The third kappa shape index (κ3) is 4.54. The third-order valence-corrected chi connectivity index (χ3v) is 4.78. The van der Waals surface area contributed by atoms with Gasteiger partial charge in [-0.05, 0) is 47.9 Å². The number of hydrogen-bond donors (Lipinski definition) is 2. The molecule has 2 aromatic rings. The van der Waals surface area contributed by atoms with E-state index in [4.69, 9.17) is 0 Å². The number of rotatable bonds is 6. The fourth-order valence-corrected chi connectivity index (χ4v) is 3.06. The highest BCUT2D eigenvalue weighted by Crippen LogP contribution is 2.32. The number of hydrogen-bond acceptors (Lipinski definition) is 3. The van der Waals surface area contributed by atoms with Crippen LogP contribution in [0.15, 0.2) is 36.5 Å². The van der Waals surface area contributed by atoms with Crippen LogP contribution in [0.1, 0.15) is 84.3 Å². The Morgan fingerprint density at radius 2 is 1.63 bits per heavy atom. The molecular formula is C22H27N3O2. The Labute approximate surface area is 160 Å². The summed E-state index contributed by atoms with van der Waals surface area (Å²) in [4.78, 5) is 29.2. The summed E-state index contributed by atoms with van der Waals surface area (Å²) in [5, 5.41) is 5.98. The molecule has 0 aliphatic heterocycles. The second-order valence-electron chi connectivity index (χ2n) is 7.75. The average Bonchev–Trinajstić information content (AvgIpc) is 3.45. The first kappa shape index (κ1) is 19.1.